The predicted octanol–water partition coefficient (Wildman–Crippen LogP) is 3.18. The van der Waals surface area contributed by atoms with Crippen LogP contribution in [0.5, 0.6) is 0 Å². The van der Waals surface area contributed by atoms with Gasteiger partial charge in [0.05, 0.1) is 5.56 Å². The first kappa shape index (κ1) is 13.5. The van der Waals surface area contributed by atoms with E-state index < -0.39 is 0 Å². The van der Waals surface area contributed by atoms with E-state index >= 15 is 0 Å². The molecule has 21 heavy (non-hydrogen) atoms. The molecule has 1 radical (unpaired) electrons. The SMILES string of the molecule is [CH2]c1cnc2cc(-c3cccc(Br)c3C#N)ccn2c1=O. The Bertz CT molecular complexity index is 954. The fourth-order valence-electron chi connectivity index (χ4n) is 2.16. The van der Waals surface area contributed by atoms with Crippen molar-refractivity contribution in [1.29, 1.82) is 5.26 Å². The molecule has 1 aromatic carbocycles. The molecule has 0 atom stereocenters. The van der Waals surface area contributed by atoms with Crippen molar-refractivity contribution in [3.63, 3.8) is 0 Å². The summed E-state index contributed by atoms with van der Waals surface area (Å²) >= 11 is 3.37. The third-order valence-corrected chi connectivity index (χ3v) is 3.88. The highest BCUT2D eigenvalue weighted by Gasteiger charge is 2.10. The van der Waals surface area contributed by atoms with Crippen LogP contribution in [0, 0.1) is 18.3 Å². The minimum atomic E-state index is -0.193. The molecular weight excluding hydrogens is 330 g/mol. The largest absolute Gasteiger partial charge is 0.269 e. The van der Waals surface area contributed by atoms with Crippen molar-refractivity contribution < 1.29 is 0 Å². The van der Waals surface area contributed by atoms with E-state index in [0.717, 1.165) is 15.6 Å². The monoisotopic (exact) mass is 338 g/mol. The number of fused-ring (bicyclic) bond motifs is 1. The number of hydrogen-bond donors (Lipinski definition) is 0. The van der Waals surface area contributed by atoms with Crippen molar-refractivity contribution in [1.82, 2.24) is 9.38 Å². The van der Waals surface area contributed by atoms with E-state index in [0.29, 0.717) is 16.8 Å². The maximum atomic E-state index is 12.0. The zero-order chi connectivity index (χ0) is 15.0. The molecule has 4 nitrogen and oxygen atoms in total. The molecule has 5 heteroatoms. The third kappa shape index (κ3) is 2.24. The van der Waals surface area contributed by atoms with Crippen molar-refractivity contribution in [3.05, 3.63) is 75.6 Å². The van der Waals surface area contributed by atoms with Crippen molar-refractivity contribution in [2.45, 2.75) is 0 Å². The van der Waals surface area contributed by atoms with Gasteiger partial charge in [0, 0.05) is 28.0 Å². The summed E-state index contributed by atoms with van der Waals surface area (Å²) in [6.45, 7) is 3.64. The van der Waals surface area contributed by atoms with Gasteiger partial charge in [0.15, 0.2) is 0 Å². The summed E-state index contributed by atoms with van der Waals surface area (Å²) in [5.41, 5.74) is 2.85. The van der Waals surface area contributed by atoms with Gasteiger partial charge < -0.3 is 0 Å². The van der Waals surface area contributed by atoms with E-state index in [2.05, 4.69) is 33.9 Å². The second-order valence-electron chi connectivity index (χ2n) is 4.51. The van der Waals surface area contributed by atoms with Crippen LogP contribution in [0.2, 0.25) is 0 Å². The number of pyridine rings is 1. The van der Waals surface area contributed by atoms with Crippen LogP contribution in [-0.4, -0.2) is 9.38 Å². The van der Waals surface area contributed by atoms with Crippen LogP contribution in [0.3, 0.4) is 0 Å². The molecule has 0 bridgehead atoms. The first-order valence-electron chi connectivity index (χ1n) is 6.14. The second kappa shape index (κ2) is 5.15. The van der Waals surface area contributed by atoms with Crippen molar-refractivity contribution >= 4 is 21.6 Å². The van der Waals surface area contributed by atoms with E-state index in [-0.39, 0.29) is 5.56 Å². The predicted molar refractivity (Wildman–Crippen MR) is 83.8 cm³/mol. The first-order valence-corrected chi connectivity index (χ1v) is 6.93. The Morgan fingerprint density at radius 1 is 1.33 bits per heavy atom. The van der Waals surface area contributed by atoms with E-state index in [1.165, 1.54) is 10.6 Å². The molecule has 0 spiro atoms. The molecule has 0 aliphatic rings. The topological polar surface area (TPSA) is 58.2 Å². The highest BCUT2D eigenvalue weighted by Crippen LogP contribution is 2.28. The fourth-order valence-corrected chi connectivity index (χ4v) is 2.61. The molecule has 0 amide bonds. The van der Waals surface area contributed by atoms with Crippen LogP contribution in [-0.2, 0) is 0 Å². The molecule has 0 aliphatic carbocycles. The molecule has 0 unspecified atom stereocenters. The van der Waals surface area contributed by atoms with Crippen LogP contribution in [0.1, 0.15) is 11.1 Å². The number of hydrogen-bond acceptors (Lipinski definition) is 3. The van der Waals surface area contributed by atoms with Gasteiger partial charge in [-0.05, 0) is 46.6 Å². The molecule has 0 fully saturated rings. The van der Waals surface area contributed by atoms with Crippen molar-refractivity contribution in [3.8, 4) is 17.2 Å². The summed E-state index contributed by atoms with van der Waals surface area (Å²) < 4.78 is 2.18. The molecule has 0 aliphatic heterocycles. The van der Waals surface area contributed by atoms with Crippen LogP contribution in [0.15, 0.2) is 52.0 Å². The summed E-state index contributed by atoms with van der Waals surface area (Å²) in [5, 5.41) is 9.30. The van der Waals surface area contributed by atoms with E-state index in [1.54, 1.807) is 18.3 Å². The maximum absolute atomic E-state index is 12.0. The maximum Gasteiger partial charge on any atom is 0.261 e. The van der Waals surface area contributed by atoms with E-state index in [1.807, 2.05) is 18.2 Å². The lowest BCUT2D eigenvalue weighted by Gasteiger charge is -2.08. The lowest BCUT2D eigenvalue weighted by Crippen LogP contribution is -2.16. The highest BCUT2D eigenvalue weighted by molar-refractivity contribution is 9.10. The molecular formula is C16H9BrN3O. The Morgan fingerprint density at radius 2 is 2.14 bits per heavy atom. The van der Waals surface area contributed by atoms with Crippen LogP contribution < -0.4 is 5.56 Å². The Kier molecular flexibility index (Phi) is 3.32. The average molecular weight is 339 g/mol. The van der Waals surface area contributed by atoms with Gasteiger partial charge in [0.2, 0.25) is 0 Å². The summed E-state index contributed by atoms with van der Waals surface area (Å²) in [6.07, 6.45) is 3.10. The molecule has 101 valence electrons. The average Bonchev–Trinajstić information content (AvgIpc) is 2.50. The fraction of sp³-hybridized carbons (Fsp3) is 0. The molecule has 2 aromatic heterocycles. The molecule has 0 N–H and O–H groups in total. The van der Waals surface area contributed by atoms with Crippen molar-refractivity contribution in [2.24, 2.45) is 0 Å². The van der Waals surface area contributed by atoms with Gasteiger partial charge in [-0.3, -0.25) is 9.20 Å². The smallest absolute Gasteiger partial charge is 0.261 e. The molecule has 3 aromatic rings. The Hall–Kier alpha value is -2.45. The van der Waals surface area contributed by atoms with Gasteiger partial charge in [-0.2, -0.15) is 5.26 Å². The Morgan fingerprint density at radius 3 is 2.90 bits per heavy atom. The lowest BCUT2D eigenvalue weighted by atomic mass is 10.0. The summed E-state index contributed by atoms with van der Waals surface area (Å²) in [6, 6.07) is 11.3. The minimum absolute atomic E-state index is 0.193. The number of halogens is 1. The second-order valence-corrected chi connectivity index (χ2v) is 5.36. The Labute approximate surface area is 129 Å². The van der Waals surface area contributed by atoms with Crippen LogP contribution in [0.25, 0.3) is 16.8 Å². The van der Waals surface area contributed by atoms with Gasteiger partial charge in [-0.25, -0.2) is 4.98 Å². The number of benzene rings is 1. The molecule has 0 saturated heterocycles. The van der Waals surface area contributed by atoms with Gasteiger partial charge in [0.1, 0.15) is 11.7 Å². The minimum Gasteiger partial charge on any atom is -0.269 e. The lowest BCUT2D eigenvalue weighted by molar-refractivity contribution is 1.03. The first-order chi connectivity index (χ1) is 10.1. The van der Waals surface area contributed by atoms with E-state index in [9.17, 15) is 10.1 Å². The number of aromatic nitrogens is 2. The normalized spacial score (nSPS) is 10.5. The number of rotatable bonds is 1. The molecule has 0 saturated carbocycles. The van der Waals surface area contributed by atoms with Crippen LogP contribution in [0.4, 0.5) is 0 Å². The summed E-state index contributed by atoms with van der Waals surface area (Å²) in [4.78, 5) is 16.2. The summed E-state index contributed by atoms with van der Waals surface area (Å²) in [7, 11) is 0. The van der Waals surface area contributed by atoms with Gasteiger partial charge in [0.25, 0.3) is 5.56 Å². The van der Waals surface area contributed by atoms with Gasteiger partial charge >= 0.3 is 0 Å². The third-order valence-electron chi connectivity index (χ3n) is 3.22. The zero-order valence-corrected chi connectivity index (χ0v) is 12.5. The highest BCUT2D eigenvalue weighted by atomic mass is 79.9. The quantitative estimate of drug-likeness (QED) is 0.684. The zero-order valence-electron chi connectivity index (χ0n) is 10.9. The summed E-state index contributed by atoms with van der Waals surface area (Å²) in [5.74, 6) is 0. The standard InChI is InChI=1S/C16H9BrN3O/c1-10-9-19-15-7-11(5-6-20(15)16(10)21)12-3-2-4-14(17)13(12)8-18/h2-7,9H,1H2. The Balaban J connectivity index is 2.29. The number of nitrogens with zero attached hydrogens (tertiary/aromatic N) is 3. The molecule has 2 heterocycles. The van der Waals surface area contributed by atoms with Crippen LogP contribution >= 0.6 is 15.9 Å². The van der Waals surface area contributed by atoms with Crippen molar-refractivity contribution in [2.75, 3.05) is 0 Å². The van der Waals surface area contributed by atoms with Gasteiger partial charge in [-0.15, -0.1) is 0 Å². The van der Waals surface area contributed by atoms with E-state index in [4.69, 9.17) is 0 Å². The van der Waals surface area contributed by atoms with Gasteiger partial charge in [-0.1, -0.05) is 12.1 Å². The molecule has 3 rings (SSSR count). The number of nitriles is 1.